The lowest BCUT2D eigenvalue weighted by Gasteiger charge is -2.42. The van der Waals surface area contributed by atoms with E-state index in [0.717, 1.165) is 56.5 Å². The third-order valence-electron chi connectivity index (χ3n) is 7.73. The van der Waals surface area contributed by atoms with Gasteiger partial charge in [0.05, 0.1) is 18.2 Å². The van der Waals surface area contributed by atoms with Crippen LogP contribution in [-0.4, -0.2) is 128 Å². The van der Waals surface area contributed by atoms with Gasteiger partial charge < -0.3 is 58.8 Å². The molecule has 2 saturated heterocycles. The van der Waals surface area contributed by atoms with Crippen LogP contribution in [0.15, 0.2) is 0 Å². The first kappa shape index (κ1) is 39.9. The molecule has 10 atom stereocenters. The molecule has 44 heavy (non-hydrogen) atoms. The van der Waals surface area contributed by atoms with Gasteiger partial charge >= 0.3 is 6.72 Å². The molecule has 2 rings (SSSR count). The Bertz CT molecular complexity index is 914. The molecular weight excluding hydrogens is 634 g/mol. The van der Waals surface area contributed by atoms with Crippen LogP contribution in [0, 0.1) is 5.92 Å². The van der Waals surface area contributed by atoms with Crippen molar-refractivity contribution in [3.8, 4) is 0 Å². The zero-order valence-electron chi connectivity index (χ0n) is 25.9. The molecule has 2 heterocycles. The average Bonchev–Trinajstić information content (AvgIpc) is 3.25. The summed E-state index contributed by atoms with van der Waals surface area (Å²) < 4.78 is 33.0. The van der Waals surface area contributed by atoms with E-state index in [1.807, 2.05) is 0 Å². The van der Waals surface area contributed by atoms with Crippen molar-refractivity contribution < 1.29 is 53.0 Å². The number of hydrogen-bond donors (Lipinski definition) is 6. The molecule has 0 aromatic carbocycles. The van der Waals surface area contributed by atoms with Crippen molar-refractivity contribution in [2.75, 3.05) is 40.6 Å². The van der Waals surface area contributed by atoms with E-state index in [1.54, 1.807) is 7.11 Å². The van der Waals surface area contributed by atoms with Crippen molar-refractivity contribution in [2.24, 2.45) is 5.92 Å². The van der Waals surface area contributed by atoms with Crippen LogP contribution in [0.25, 0.3) is 0 Å². The van der Waals surface area contributed by atoms with Crippen LogP contribution in [0.1, 0.15) is 64.7 Å². The number of rotatable bonds is 21. The number of methoxy groups -OCH3 is 1. The maximum absolute atomic E-state index is 11.5. The Kier molecular flexibility index (Phi) is 18.9. The molecule has 0 aliphatic carbocycles. The van der Waals surface area contributed by atoms with Crippen LogP contribution in [0.3, 0.4) is 0 Å². The third kappa shape index (κ3) is 13.4. The highest BCUT2D eigenvalue weighted by Crippen LogP contribution is 2.48. The van der Waals surface area contributed by atoms with Crippen molar-refractivity contribution in [2.45, 2.75) is 114 Å². The van der Waals surface area contributed by atoms with Crippen LogP contribution < -0.4 is 10.6 Å². The first-order chi connectivity index (χ1) is 20.9. The number of aliphatic hydroxyl groups excluding tert-OH is 3. The second-order valence-corrected chi connectivity index (χ2v) is 14.5. The fourth-order valence-electron chi connectivity index (χ4n) is 5.36. The van der Waals surface area contributed by atoms with Crippen molar-refractivity contribution in [3.63, 3.8) is 0 Å². The first-order valence-electron chi connectivity index (χ1n) is 15.2. The number of nitrogens with one attached hydrogen (secondary N) is 2. The van der Waals surface area contributed by atoms with Gasteiger partial charge in [0.1, 0.15) is 44.4 Å². The smallest absolute Gasteiger partial charge is 0.324 e. The summed E-state index contributed by atoms with van der Waals surface area (Å²) in [5, 5.41) is 35.7. The Morgan fingerprint density at radius 2 is 1.73 bits per heavy atom. The van der Waals surface area contributed by atoms with Gasteiger partial charge in [-0.2, -0.15) is 0 Å². The SMILES string of the molecule is [B][C@@H]1O[C@H](COC)C(OP(O)(=S)OC)[C@@H]1CCCCCCCNC(=S)CCCCO[C@@H]1O[C@H](CO)[C@H](O)[C@H](O)[C@H]1NC(C)=O. The first-order valence-corrected chi connectivity index (χ1v) is 18.2. The number of thiocarbonyl (C=S) groups is 1. The minimum absolute atomic E-state index is 0.116. The minimum atomic E-state index is -3.37. The van der Waals surface area contributed by atoms with Crippen LogP contribution in [-0.2, 0) is 44.6 Å². The topological polar surface area (TPSA) is 177 Å². The molecule has 254 valence electrons. The van der Waals surface area contributed by atoms with Crippen molar-refractivity contribution >= 4 is 49.5 Å². The molecule has 1 amide bonds. The molecule has 2 aliphatic rings. The molecule has 0 aromatic rings. The molecule has 2 aliphatic heterocycles. The van der Waals surface area contributed by atoms with E-state index >= 15 is 0 Å². The number of hydrogen-bond acceptors (Lipinski definition) is 12. The van der Waals surface area contributed by atoms with Crippen molar-refractivity contribution in [1.82, 2.24) is 10.6 Å². The second kappa shape index (κ2) is 20.8. The van der Waals surface area contributed by atoms with E-state index in [-0.39, 0.29) is 12.5 Å². The highest BCUT2D eigenvalue weighted by Gasteiger charge is 2.46. The maximum Gasteiger partial charge on any atom is 0.324 e. The normalized spacial score (nSPS) is 31.8. The predicted octanol–water partition coefficient (Wildman–Crippen LogP) is 0.779. The summed E-state index contributed by atoms with van der Waals surface area (Å²) >= 11 is 10.5. The maximum atomic E-state index is 11.5. The summed E-state index contributed by atoms with van der Waals surface area (Å²) in [5.41, 5.74) is 0. The van der Waals surface area contributed by atoms with Gasteiger partial charge in [0.2, 0.25) is 5.91 Å². The summed E-state index contributed by atoms with van der Waals surface area (Å²) in [6.07, 6.45) is 2.42. The average molecular weight is 685 g/mol. The summed E-state index contributed by atoms with van der Waals surface area (Å²) in [4.78, 5) is 22.5. The van der Waals surface area contributed by atoms with E-state index < -0.39 is 68.1 Å². The van der Waals surface area contributed by atoms with E-state index in [0.29, 0.717) is 19.4 Å². The standard InChI is InChI=1S/C27H50BN2O11PS2/c1-17(32)30-22-24(34)23(33)19(15-31)40-27(22)38-14-10-8-12-21(43)29-13-9-6-4-5-7-11-18-25(41-42(35,44)37-3)20(16-36-2)39-26(18)28/h18-20,22-27,31,33-34H,4-16H2,1-3H3,(H,29,43)(H,30,32)(H,35,44)/t18-,19+,20+,22+,23-,24+,25?,26+,27+,42?/m0/s1. The number of ether oxygens (including phenoxy) is 4. The third-order valence-corrected chi connectivity index (χ3v) is 9.75. The molecule has 2 fully saturated rings. The van der Waals surface area contributed by atoms with Gasteiger partial charge in [0, 0.05) is 46.2 Å². The fourth-order valence-corrected chi connectivity index (χ4v) is 6.59. The van der Waals surface area contributed by atoms with E-state index in [4.69, 9.17) is 59.9 Å². The molecule has 17 heteroatoms. The molecular formula is C27H50BN2O11PS2. The largest absolute Gasteiger partial charge is 0.394 e. The Labute approximate surface area is 272 Å². The van der Waals surface area contributed by atoms with Crippen LogP contribution in [0.2, 0.25) is 0 Å². The lowest BCUT2D eigenvalue weighted by molar-refractivity contribution is -0.270. The summed E-state index contributed by atoms with van der Waals surface area (Å²) in [5.74, 6) is -0.511. The molecule has 6 N–H and O–H groups in total. The van der Waals surface area contributed by atoms with Crippen molar-refractivity contribution in [1.29, 1.82) is 0 Å². The summed E-state index contributed by atoms with van der Waals surface area (Å²) in [6.45, 7) is -1.18. The quantitative estimate of drug-likeness (QED) is 0.0433. The zero-order valence-corrected chi connectivity index (χ0v) is 28.4. The Morgan fingerprint density at radius 1 is 1.02 bits per heavy atom. The molecule has 0 bridgehead atoms. The Balaban J connectivity index is 1.57. The summed E-state index contributed by atoms with van der Waals surface area (Å²) in [7, 11) is 9.10. The van der Waals surface area contributed by atoms with Gasteiger partial charge in [0.15, 0.2) is 6.29 Å². The number of carbonyl (C=O) groups excluding carboxylic acids is 1. The van der Waals surface area contributed by atoms with E-state index in [1.165, 1.54) is 14.0 Å². The molecule has 0 saturated carbocycles. The molecule has 2 radical (unpaired) electrons. The van der Waals surface area contributed by atoms with Gasteiger partial charge in [-0.1, -0.05) is 37.9 Å². The molecule has 13 nitrogen and oxygen atoms in total. The van der Waals surface area contributed by atoms with Crippen LogP contribution in [0.5, 0.6) is 0 Å². The number of aliphatic hydroxyl groups is 3. The van der Waals surface area contributed by atoms with Gasteiger partial charge in [0.25, 0.3) is 0 Å². The van der Waals surface area contributed by atoms with Crippen LogP contribution in [0.4, 0.5) is 0 Å². The van der Waals surface area contributed by atoms with Gasteiger partial charge in [-0.05, 0) is 43.9 Å². The monoisotopic (exact) mass is 684 g/mol. The lowest BCUT2D eigenvalue weighted by Crippen LogP contribution is -2.64. The van der Waals surface area contributed by atoms with Gasteiger partial charge in [-0.25, -0.2) is 0 Å². The highest BCUT2D eigenvalue weighted by molar-refractivity contribution is 8.07. The molecule has 0 aromatic heterocycles. The number of unbranched alkanes of at least 4 members (excludes halogenated alkanes) is 5. The predicted molar refractivity (Wildman–Crippen MR) is 172 cm³/mol. The van der Waals surface area contributed by atoms with Crippen molar-refractivity contribution in [3.05, 3.63) is 0 Å². The lowest BCUT2D eigenvalue weighted by atomic mass is 9.81. The Hall–Kier alpha value is -0.325. The number of carbonyl (C=O) groups is 1. The summed E-state index contributed by atoms with van der Waals surface area (Å²) in [6, 6.07) is -1.47. The van der Waals surface area contributed by atoms with Gasteiger partial charge in [-0.3, -0.25) is 4.79 Å². The second-order valence-electron chi connectivity index (χ2n) is 11.1. The molecule has 2 unspecified atom stereocenters. The van der Waals surface area contributed by atoms with Gasteiger partial charge in [-0.15, -0.1) is 0 Å². The highest BCUT2D eigenvalue weighted by atomic mass is 32.5. The Morgan fingerprint density at radius 3 is 2.39 bits per heavy atom. The van der Waals surface area contributed by atoms with E-state index in [9.17, 15) is 25.0 Å². The zero-order chi connectivity index (χ0) is 32.7. The minimum Gasteiger partial charge on any atom is -0.394 e. The fraction of sp³-hybridized carbons (Fsp3) is 0.926. The van der Waals surface area contributed by atoms with E-state index in [2.05, 4.69) is 10.6 Å². The van der Waals surface area contributed by atoms with Crippen LogP contribution >= 0.6 is 18.9 Å². The number of amides is 1. The molecule has 0 spiro atoms.